The average Bonchev–Trinajstić information content (AvgIpc) is 2.64. The van der Waals surface area contributed by atoms with Gasteiger partial charge in [-0.1, -0.05) is 36.4 Å². The second kappa shape index (κ2) is 5.52. The lowest BCUT2D eigenvalue weighted by Gasteiger charge is -2.31. The van der Waals surface area contributed by atoms with Crippen LogP contribution in [0.25, 0.3) is 17.0 Å². The van der Waals surface area contributed by atoms with E-state index >= 15 is 0 Å². The Morgan fingerprint density at radius 1 is 1.08 bits per heavy atom. The number of aryl methyl sites for hydroxylation is 2. The van der Waals surface area contributed by atoms with Crippen molar-refractivity contribution in [2.24, 2.45) is 7.05 Å². The molecule has 0 spiro atoms. The summed E-state index contributed by atoms with van der Waals surface area (Å²) in [7, 11) is 3.93. The molecule has 0 aliphatic carbocycles. The number of hydrogen-bond acceptors (Lipinski definition) is 1. The first-order chi connectivity index (χ1) is 12.8. The predicted molar refractivity (Wildman–Crippen MR) is 103 cm³/mol. The van der Waals surface area contributed by atoms with Gasteiger partial charge >= 0.3 is 6.85 Å². The third-order valence-electron chi connectivity index (χ3n) is 5.07. The van der Waals surface area contributed by atoms with Gasteiger partial charge in [0.25, 0.3) is 0 Å². The average molecular weight is 316 g/mol. The topological polar surface area (TPSA) is 7.12 Å². The number of nitrogens with zero attached hydrogens (tertiary/aromatic N) is 2. The van der Waals surface area contributed by atoms with E-state index < -0.39 is 6.85 Å². The van der Waals surface area contributed by atoms with E-state index in [9.17, 15) is 0 Å². The summed E-state index contributed by atoms with van der Waals surface area (Å²) in [4.78, 5) is 1.90. The summed E-state index contributed by atoms with van der Waals surface area (Å²) in [6.45, 7) is -0.207. The number of hydrogen-bond donors (Lipinski definition) is 0. The minimum Gasteiger partial charge on any atom is -0.408 e. The molecule has 3 heteroatoms. The van der Waals surface area contributed by atoms with Gasteiger partial charge in [0, 0.05) is 21.6 Å². The van der Waals surface area contributed by atoms with E-state index in [0.29, 0.717) is 5.70 Å². The molecule has 0 saturated carbocycles. The zero-order valence-electron chi connectivity index (χ0n) is 17.2. The molecule has 0 bridgehead atoms. The van der Waals surface area contributed by atoms with E-state index in [0.717, 1.165) is 22.1 Å². The van der Waals surface area contributed by atoms with Crippen molar-refractivity contribution in [1.82, 2.24) is 4.81 Å². The molecule has 0 atom stereocenters. The summed E-state index contributed by atoms with van der Waals surface area (Å²) in [5.74, 6) is 0. The highest BCUT2D eigenvalue weighted by atomic mass is 15.1. The Hall–Kier alpha value is -2.55. The van der Waals surface area contributed by atoms with Crippen LogP contribution in [-0.4, -0.2) is 18.7 Å². The van der Waals surface area contributed by atoms with Crippen molar-refractivity contribution in [3.8, 4) is 0 Å². The van der Waals surface area contributed by atoms with E-state index in [1.54, 1.807) is 6.08 Å². The number of allylic oxidation sites excluding steroid dienone is 1. The summed E-state index contributed by atoms with van der Waals surface area (Å²) in [6, 6.07) is 18.6. The van der Waals surface area contributed by atoms with Gasteiger partial charge in [-0.25, -0.2) is 4.57 Å². The van der Waals surface area contributed by atoms with Gasteiger partial charge in [0.15, 0.2) is 5.59 Å². The molecule has 1 aliphatic rings. The Morgan fingerprint density at radius 2 is 1.83 bits per heavy atom. The largest absolute Gasteiger partial charge is 0.408 e. The number of rotatable bonds is 1. The standard InChI is InChI=1S/C21H22BN2/c1-15-13-21(23(3)20-12-8-6-10-18(15)20)22-19-11-7-5-9-17(19)14-16(2)24(22)4/h5-14H,1-4H3/q+1/i2D3. The van der Waals surface area contributed by atoms with Gasteiger partial charge in [-0.3, -0.25) is 0 Å². The summed E-state index contributed by atoms with van der Waals surface area (Å²) >= 11 is 0. The van der Waals surface area contributed by atoms with Crippen molar-refractivity contribution in [1.29, 1.82) is 0 Å². The third kappa shape index (κ3) is 2.15. The molecule has 0 fully saturated rings. The first-order valence-electron chi connectivity index (χ1n) is 9.71. The third-order valence-corrected chi connectivity index (χ3v) is 5.07. The molecular weight excluding hydrogens is 291 g/mol. The van der Waals surface area contributed by atoms with Gasteiger partial charge in [0.1, 0.15) is 7.05 Å². The van der Waals surface area contributed by atoms with Gasteiger partial charge in [-0.2, -0.15) is 0 Å². The van der Waals surface area contributed by atoms with Crippen molar-refractivity contribution in [2.75, 3.05) is 7.05 Å². The second-order valence-corrected chi connectivity index (χ2v) is 6.50. The Kier molecular flexibility index (Phi) is 2.74. The fourth-order valence-corrected chi connectivity index (χ4v) is 3.74. The normalized spacial score (nSPS) is 16.3. The quantitative estimate of drug-likeness (QED) is 0.494. The van der Waals surface area contributed by atoms with Crippen LogP contribution in [0.1, 0.15) is 22.1 Å². The predicted octanol–water partition coefficient (Wildman–Crippen LogP) is 2.38. The molecule has 1 aromatic heterocycles. The summed E-state index contributed by atoms with van der Waals surface area (Å²) in [5.41, 5.74) is 5.88. The van der Waals surface area contributed by atoms with Crippen LogP contribution in [0, 0.1) is 6.92 Å². The summed E-state index contributed by atoms with van der Waals surface area (Å²) < 4.78 is 26.2. The van der Waals surface area contributed by atoms with Crippen LogP contribution in [0.2, 0.25) is 0 Å². The van der Waals surface area contributed by atoms with Crippen LogP contribution in [0.15, 0.2) is 60.3 Å². The smallest absolute Gasteiger partial charge is 0.404 e. The van der Waals surface area contributed by atoms with E-state index in [1.165, 1.54) is 10.9 Å². The molecule has 0 radical (unpaired) electrons. The maximum absolute atomic E-state index is 7.99. The fourth-order valence-electron chi connectivity index (χ4n) is 3.74. The lowest BCUT2D eigenvalue weighted by Crippen LogP contribution is -2.66. The molecule has 2 nitrogen and oxygen atoms in total. The lowest BCUT2D eigenvalue weighted by molar-refractivity contribution is -0.627. The maximum atomic E-state index is 7.99. The number of aromatic nitrogens is 1. The van der Waals surface area contributed by atoms with Gasteiger partial charge in [0.2, 0.25) is 5.52 Å². The molecule has 2 heterocycles. The molecule has 0 saturated heterocycles. The van der Waals surface area contributed by atoms with Crippen LogP contribution in [-0.2, 0) is 7.05 Å². The van der Waals surface area contributed by atoms with Crippen LogP contribution < -0.4 is 15.6 Å². The van der Waals surface area contributed by atoms with Crippen LogP contribution >= 0.6 is 0 Å². The molecule has 2 aromatic carbocycles. The van der Waals surface area contributed by atoms with Crippen LogP contribution in [0.4, 0.5) is 0 Å². The van der Waals surface area contributed by atoms with E-state index in [4.69, 9.17) is 4.11 Å². The minimum absolute atomic E-state index is 0.157. The Labute approximate surface area is 148 Å². The second-order valence-electron chi connectivity index (χ2n) is 6.50. The molecule has 1 aliphatic heterocycles. The highest BCUT2D eigenvalue weighted by molar-refractivity contribution is 6.83. The van der Waals surface area contributed by atoms with Gasteiger partial charge in [-0.15, -0.1) is 0 Å². The van der Waals surface area contributed by atoms with Crippen molar-refractivity contribution in [3.63, 3.8) is 0 Å². The Balaban J connectivity index is 2.00. The fraction of sp³-hybridized carbons (Fsp3) is 0.190. The molecule has 0 amide bonds. The minimum atomic E-state index is -2.16. The Bertz CT molecular complexity index is 1070. The number of pyridine rings is 1. The first kappa shape index (κ1) is 11.9. The SMILES string of the molecule is [2H]C([2H])([2H])C1=Cc2ccccc2B(c2cc(C)c3ccccc3[n+]2C)N1C. The first-order valence-corrected chi connectivity index (χ1v) is 8.21. The van der Waals surface area contributed by atoms with Crippen molar-refractivity contribution >= 4 is 34.9 Å². The highest BCUT2D eigenvalue weighted by Crippen LogP contribution is 2.18. The van der Waals surface area contributed by atoms with Crippen LogP contribution in [0.5, 0.6) is 0 Å². The highest BCUT2D eigenvalue weighted by Gasteiger charge is 2.37. The number of para-hydroxylation sites is 1. The summed E-state index contributed by atoms with van der Waals surface area (Å²) in [5, 5.41) is 1.21. The van der Waals surface area contributed by atoms with E-state index in [1.807, 2.05) is 42.2 Å². The maximum Gasteiger partial charge on any atom is 0.404 e. The molecule has 3 aromatic rings. The van der Waals surface area contributed by atoms with Gasteiger partial charge < -0.3 is 4.81 Å². The zero-order chi connectivity index (χ0) is 19.3. The zero-order valence-corrected chi connectivity index (χ0v) is 14.2. The Morgan fingerprint density at radius 3 is 2.67 bits per heavy atom. The molecule has 118 valence electrons. The van der Waals surface area contributed by atoms with Gasteiger partial charge in [-0.05, 0) is 55.3 Å². The van der Waals surface area contributed by atoms with Crippen molar-refractivity contribution in [2.45, 2.75) is 13.8 Å². The number of benzene rings is 2. The van der Waals surface area contributed by atoms with E-state index in [2.05, 4.69) is 42.8 Å². The molecule has 0 unspecified atom stereocenters. The molecule has 0 N–H and O–H groups in total. The van der Waals surface area contributed by atoms with Crippen LogP contribution in [0.3, 0.4) is 0 Å². The monoisotopic (exact) mass is 316 g/mol. The van der Waals surface area contributed by atoms with E-state index in [-0.39, 0.29) is 6.85 Å². The van der Waals surface area contributed by atoms with Gasteiger partial charge in [0.05, 0.1) is 0 Å². The van der Waals surface area contributed by atoms with Crippen molar-refractivity contribution in [3.05, 3.63) is 71.4 Å². The molecule has 4 rings (SSSR count). The molecular formula is C21H22BN2+. The molecule has 24 heavy (non-hydrogen) atoms. The van der Waals surface area contributed by atoms with Crippen molar-refractivity contribution < 1.29 is 8.68 Å². The number of fused-ring (bicyclic) bond motifs is 2. The lowest BCUT2D eigenvalue weighted by atomic mass is 9.48. The summed E-state index contributed by atoms with van der Waals surface area (Å²) in [6.07, 6.45) is 1.80.